The molecule has 0 aliphatic heterocycles. The summed E-state index contributed by atoms with van der Waals surface area (Å²) >= 11 is 0. The van der Waals surface area contributed by atoms with E-state index in [1.54, 1.807) is 20.8 Å². The summed E-state index contributed by atoms with van der Waals surface area (Å²) in [6.07, 6.45) is 1.43. The maximum atomic E-state index is 12.7. The Labute approximate surface area is 149 Å². The third-order valence-corrected chi connectivity index (χ3v) is 4.26. The molecule has 8 nitrogen and oxygen atoms in total. The minimum absolute atomic E-state index is 0.166. The predicted molar refractivity (Wildman–Crippen MR) is 90.6 cm³/mol. The third-order valence-electron chi connectivity index (χ3n) is 4.26. The van der Waals surface area contributed by atoms with Gasteiger partial charge in [0.25, 0.3) is 5.56 Å². The van der Waals surface area contributed by atoms with E-state index >= 15 is 0 Å². The van der Waals surface area contributed by atoms with Crippen LogP contribution in [0.4, 0.5) is 4.39 Å². The van der Waals surface area contributed by atoms with Gasteiger partial charge in [-0.05, 0) is 33.8 Å². The first kappa shape index (κ1) is 19.5. The van der Waals surface area contributed by atoms with Crippen LogP contribution in [0.25, 0.3) is 0 Å². The van der Waals surface area contributed by atoms with E-state index in [1.165, 1.54) is 23.9 Å². The summed E-state index contributed by atoms with van der Waals surface area (Å²) in [5.41, 5.74) is 1.20. The van der Waals surface area contributed by atoms with Gasteiger partial charge in [-0.1, -0.05) is 5.16 Å². The van der Waals surface area contributed by atoms with Gasteiger partial charge in [0.1, 0.15) is 12.4 Å². The molecule has 2 atom stereocenters. The molecule has 0 bridgehead atoms. The molecule has 1 amide bonds. The van der Waals surface area contributed by atoms with Crippen LogP contribution in [0.5, 0.6) is 0 Å². The molecule has 2 heterocycles. The Morgan fingerprint density at radius 1 is 1.35 bits per heavy atom. The maximum absolute atomic E-state index is 12.7. The average molecular weight is 364 g/mol. The molecule has 9 heteroatoms. The van der Waals surface area contributed by atoms with Gasteiger partial charge < -0.3 is 9.84 Å². The van der Waals surface area contributed by atoms with Gasteiger partial charge in [0.15, 0.2) is 5.78 Å². The number of nitrogens with zero attached hydrogens (tertiary/aromatic N) is 3. The Bertz CT molecular complexity index is 854. The van der Waals surface area contributed by atoms with Crippen molar-refractivity contribution in [3.8, 4) is 0 Å². The average Bonchev–Trinajstić information content (AvgIpc) is 2.93. The normalized spacial score (nSPS) is 13.3. The number of aromatic nitrogens is 3. The highest BCUT2D eigenvalue weighted by molar-refractivity contribution is 5.91. The molecule has 0 saturated carbocycles. The van der Waals surface area contributed by atoms with E-state index in [-0.39, 0.29) is 12.1 Å². The molecular formula is C17H21FN4O4. The maximum Gasteiger partial charge on any atom is 0.271 e. The van der Waals surface area contributed by atoms with Crippen LogP contribution in [0, 0.1) is 13.8 Å². The fraction of sp³-hybridized carbons (Fsp3) is 0.471. The van der Waals surface area contributed by atoms with Crippen LogP contribution >= 0.6 is 0 Å². The first-order valence-corrected chi connectivity index (χ1v) is 8.13. The highest BCUT2D eigenvalue weighted by atomic mass is 19.1. The summed E-state index contributed by atoms with van der Waals surface area (Å²) in [7, 11) is 0. The van der Waals surface area contributed by atoms with Crippen molar-refractivity contribution in [3.05, 3.63) is 45.2 Å². The molecule has 2 rings (SSSR count). The second-order valence-corrected chi connectivity index (χ2v) is 6.10. The van der Waals surface area contributed by atoms with Crippen molar-refractivity contribution in [2.24, 2.45) is 0 Å². The molecule has 0 aromatic carbocycles. The van der Waals surface area contributed by atoms with Gasteiger partial charge in [-0.3, -0.25) is 14.4 Å². The summed E-state index contributed by atoms with van der Waals surface area (Å²) in [5.74, 6) is -1.50. The number of rotatable bonds is 7. The van der Waals surface area contributed by atoms with Crippen LogP contribution in [0.15, 0.2) is 21.6 Å². The van der Waals surface area contributed by atoms with E-state index in [0.29, 0.717) is 11.5 Å². The molecule has 2 unspecified atom stereocenters. The number of Topliss-reactive ketones (excluding diaryl/α,β-unsaturated/α-hetero) is 1. The van der Waals surface area contributed by atoms with E-state index in [1.807, 2.05) is 0 Å². The lowest BCUT2D eigenvalue weighted by molar-refractivity contribution is -0.128. The number of hydrogen-bond acceptors (Lipinski definition) is 6. The molecule has 0 saturated heterocycles. The van der Waals surface area contributed by atoms with E-state index in [9.17, 15) is 18.8 Å². The zero-order chi connectivity index (χ0) is 19.4. The fourth-order valence-corrected chi connectivity index (χ4v) is 2.46. The number of ketones is 1. The molecule has 0 spiro atoms. The number of alkyl halides is 1. The molecule has 140 valence electrons. The second kappa shape index (κ2) is 8.03. The summed E-state index contributed by atoms with van der Waals surface area (Å²) in [4.78, 5) is 36.3. The van der Waals surface area contributed by atoms with Crippen LogP contribution in [-0.4, -0.2) is 39.3 Å². The molecule has 1 N–H and O–H groups in total. The zero-order valence-corrected chi connectivity index (χ0v) is 15.1. The lowest BCUT2D eigenvalue weighted by Gasteiger charge is -2.16. The molecule has 2 aromatic heterocycles. The molecular weight excluding hydrogens is 343 g/mol. The van der Waals surface area contributed by atoms with Crippen molar-refractivity contribution >= 4 is 11.7 Å². The second-order valence-electron chi connectivity index (χ2n) is 6.10. The Kier molecular flexibility index (Phi) is 6.01. The molecule has 0 aliphatic rings. The number of carbonyl (C=O) groups is 2. The highest BCUT2D eigenvalue weighted by Gasteiger charge is 2.23. The monoisotopic (exact) mass is 364 g/mol. The van der Waals surface area contributed by atoms with Crippen molar-refractivity contribution in [2.45, 2.75) is 46.2 Å². The topological polar surface area (TPSA) is 107 Å². The minimum atomic E-state index is -1.16. The van der Waals surface area contributed by atoms with Gasteiger partial charge in [0.2, 0.25) is 5.91 Å². The summed E-state index contributed by atoms with van der Waals surface area (Å²) in [6, 6.07) is 0.499. The van der Waals surface area contributed by atoms with Gasteiger partial charge in [-0.15, -0.1) is 0 Å². The SMILES string of the molecule is Cc1noc(C)c1Cn1nccc(C(C)C(=O)NC(C)C(=O)CF)c1=O. The van der Waals surface area contributed by atoms with Crippen molar-refractivity contribution in [2.75, 3.05) is 6.67 Å². The summed E-state index contributed by atoms with van der Waals surface area (Å²) in [6.45, 7) is 5.45. The van der Waals surface area contributed by atoms with Crippen molar-refractivity contribution in [3.63, 3.8) is 0 Å². The van der Waals surface area contributed by atoms with Crippen molar-refractivity contribution in [1.29, 1.82) is 0 Å². The van der Waals surface area contributed by atoms with Gasteiger partial charge in [0, 0.05) is 17.3 Å². The van der Waals surface area contributed by atoms with Gasteiger partial charge in [-0.2, -0.15) is 5.10 Å². The minimum Gasteiger partial charge on any atom is -0.361 e. The van der Waals surface area contributed by atoms with E-state index in [2.05, 4.69) is 15.6 Å². The van der Waals surface area contributed by atoms with Gasteiger partial charge in [0.05, 0.1) is 24.2 Å². The smallest absolute Gasteiger partial charge is 0.271 e. The number of hydrogen-bond donors (Lipinski definition) is 1. The molecule has 0 radical (unpaired) electrons. The number of aryl methyl sites for hydroxylation is 2. The predicted octanol–water partition coefficient (Wildman–Crippen LogP) is 1.04. The highest BCUT2D eigenvalue weighted by Crippen LogP contribution is 2.14. The quantitative estimate of drug-likeness (QED) is 0.787. The first-order chi connectivity index (χ1) is 12.3. The standard InChI is InChI=1S/C17H21FN4O4/c1-9(16(24)20-11(3)15(23)7-18)13-5-6-19-22(17(13)25)8-14-10(2)21-26-12(14)4/h5-6,9,11H,7-8H2,1-4H3,(H,20,24). The molecule has 26 heavy (non-hydrogen) atoms. The number of halogens is 1. The van der Waals surface area contributed by atoms with Crippen LogP contribution in [-0.2, 0) is 16.1 Å². The summed E-state index contributed by atoms with van der Waals surface area (Å²) < 4.78 is 18.7. The van der Waals surface area contributed by atoms with Crippen LogP contribution in [0.1, 0.15) is 42.3 Å². The number of amides is 1. The Morgan fingerprint density at radius 3 is 2.62 bits per heavy atom. The lowest BCUT2D eigenvalue weighted by Crippen LogP contribution is -2.42. The molecule has 0 aliphatic carbocycles. The van der Waals surface area contributed by atoms with Gasteiger partial charge in [-0.25, -0.2) is 9.07 Å². The summed E-state index contributed by atoms with van der Waals surface area (Å²) in [5, 5.41) is 10.3. The lowest BCUT2D eigenvalue weighted by atomic mass is 10.0. The Morgan fingerprint density at radius 2 is 2.04 bits per heavy atom. The largest absolute Gasteiger partial charge is 0.361 e. The molecule has 2 aromatic rings. The van der Waals surface area contributed by atoms with Crippen LogP contribution in [0.2, 0.25) is 0 Å². The van der Waals surface area contributed by atoms with Crippen LogP contribution < -0.4 is 10.9 Å². The third kappa shape index (κ3) is 4.04. The fourth-order valence-electron chi connectivity index (χ4n) is 2.46. The van der Waals surface area contributed by atoms with E-state index in [0.717, 1.165) is 5.56 Å². The molecule has 0 fully saturated rings. The Hall–Kier alpha value is -2.84. The van der Waals surface area contributed by atoms with Crippen molar-refractivity contribution in [1.82, 2.24) is 20.3 Å². The van der Waals surface area contributed by atoms with Gasteiger partial charge >= 0.3 is 0 Å². The van der Waals surface area contributed by atoms with E-state index in [4.69, 9.17) is 4.52 Å². The number of carbonyl (C=O) groups excluding carboxylic acids is 2. The van der Waals surface area contributed by atoms with Crippen molar-refractivity contribution < 1.29 is 18.5 Å². The van der Waals surface area contributed by atoms with Crippen LogP contribution in [0.3, 0.4) is 0 Å². The number of nitrogens with one attached hydrogen (secondary N) is 1. The first-order valence-electron chi connectivity index (χ1n) is 8.13. The van der Waals surface area contributed by atoms with E-state index < -0.39 is 35.9 Å². The zero-order valence-electron chi connectivity index (χ0n) is 15.1. The Balaban J connectivity index is 2.24.